The molecule has 0 aliphatic carbocycles. The minimum Gasteiger partial charge on any atom is -0.466 e. The first-order valence-corrected chi connectivity index (χ1v) is 9.13. The van der Waals surface area contributed by atoms with Crippen LogP contribution in [0.2, 0.25) is 0 Å². The van der Waals surface area contributed by atoms with Gasteiger partial charge in [0.1, 0.15) is 5.76 Å². The maximum Gasteiger partial charge on any atom is 0.310 e. The van der Waals surface area contributed by atoms with E-state index in [0.717, 1.165) is 24.3 Å². The van der Waals surface area contributed by atoms with Crippen LogP contribution < -0.4 is 0 Å². The number of rotatable bonds is 5. The van der Waals surface area contributed by atoms with Crippen LogP contribution in [0.5, 0.6) is 0 Å². The standard InChI is InChI=1S/C19H30N2O4/c1-6-24-17(23)14-8-7-11-21(12-14)16(22)10-9-15-13(2)20-18(25-15)19(3,4)5/h14H,6-12H2,1-5H3. The van der Waals surface area contributed by atoms with Crippen molar-refractivity contribution >= 4 is 11.9 Å². The van der Waals surface area contributed by atoms with E-state index in [2.05, 4.69) is 25.8 Å². The van der Waals surface area contributed by atoms with E-state index in [1.165, 1.54) is 0 Å². The number of hydrogen-bond donors (Lipinski definition) is 0. The van der Waals surface area contributed by atoms with Gasteiger partial charge in [-0.3, -0.25) is 9.59 Å². The Bertz CT molecular complexity index is 615. The fourth-order valence-corrected chi connectivity index (χ4v) is 3.02. The molecule has 0 bridgehead atoms. The van der Waals surface area contributed by atoms with Gasteiger partial charge in [-0.05, 0) is 26.7 Å². The number of likely N-dealkylation sites (tertiary alicyclic amines) is 1. The van der Waals surface area contributed by atoms with Crippen LogP contribution in [0.25, 0.3) is 0 Å². The normalized spacial score (nSPS) is 18.3. The lowest BCUT2D eigenvalue weighted by molar-refractivity contribution is -0.151. The van der Waals surface area contributed by atoms with Crippen molar-refractivity contribution in [3.8, 4) is 0 Å². The number of carbonyl (C=O) groups is 2. The first kappa shape index (κ1) is 19.5. The summed E-state index contributed by atoms with van der Waals surface area (Å²) in [6.45, 7) is 11.4. The Morgan fingerprint density at radius 3 is 2.68 bits per heavy atom. The maximum atomic E-state index is 12.5. The average Bonchev–Trinajstić information content (AvgIpc) is 2.94. The number of carbonyl (C=O) groups excluding carboxylic acids is 2. The first-order valence-electron chi connectivity index (χ1n) is 9.13. The summed E-state index contributed by atoms with van der Waals surface area (Å²) in [7, 11) is 0. The van der Waals surface area contributed by atoms with Crippen LogP contribution in [-0.2, 0) is 26.2 Å². The van der Waals surface area contributed by atoms with E-state index in [1.807, 2.05) is 6.92 Å². The molecule has 1 amide bonds. The summed E-state index contributed by atoms with van der Waals surface area (Å²) < 4.78 is 10.9. The van der Waals surface area contributed by atoms with Gasteiger partial charge < -0.3 is 14.1 Å². The molecule has 25 heavy (non-hydrogen) atoms. The summed E-state index contributed by atoms with van der Waals surface area (Å²) in [5, 5.41) is 0. The third-order valence-corrected chi connectivity index (χ3v) is 4.49. The lowest BCUT2D eigenvalue weighted by atomic mass is 9.97. The highest BCUT2D eigenvalue weighted by Gasteiger charge is 2.29. The zero-order chi connectivity index (χ0) is 18.6. The number of amides is 1. The number of aromatic nitrogens is 1. The van der Waals surface area contributed by atoms with Crippen molar-refractivity contribution in [3.05, 3.63) is 17.3 Å². The van der Waals surface area contributed by atoms with E-state index >= 15 is 0 Å². The summed E-state index contributed by atoms with van der Waals surface area (Å²) in [6, 6.07) is 0. The fraction of sp³-hybridized carbons (Fsp3) is 0.737. The van der Waals surface area contributed by atoms with Crippen LogP contribution >= 0.6 is 0 Å². The van der Waals surface area contributed by atoms with Crippen molar-refractivity contribution in [1.29, 1.82) is 0 Å². The fourth-order valence-electron chi connectivity index (χ4n) is 3.02. The van der Waals surface area contributed by atoms with Crippen LogP contribution in [-0.4, -0.2) is 41.5 Å². The lowest BCUT2D eigenvalue weighted by Gasteiger charge is -2.31. The number of esters is 1. The Morgan fingerprint density at radius 1 is 1.36 bits per heavy atom. The number of aryl methyl sites for hydroxylation is 2. The molecule has 0 radical (unpaired) electrons. The van der Waals surface area contributed by atoms with Crippen molar-refractivity contribution in [2.75, 3.05) is 19.7 Å². The number of ether oxygens (including phenoxy) is 1. The minimum absolute atomic E-state index is 0.0575. The predicted molar refractivity (Wildman–Crippen MR) is 94.2 cm³/mol. The van der Waals surface area contributed by atoms with E-state index in [0.29, 0.717) is 38.4 Å². The first-order chi connectivity index (χ1) is 11.7. The minimum atomic E-state index is -0.197. The molecule has 0 saturated carbocycles. The molecule has 140 valence electrons. The van der Waals surface area contributed by atoms with Crippen LogP contribution in [0.3, 0.4) is 0 Å². The van der Waals surface area contributed by atoms with Gasteiger partial charge in [-0.1, -0.05) is 20.8 Å². The summed E-state index contributed by atoms with van der Waals surface area (Å²) >= 11 is 0. The highest BCUT2D eigenvalue weighted by Crippen LogP contribution is 2.25. The molecular weight excluding hydrogens is 320 g/mol. The van der Waals surface area contributed by atoms with Crippen LogP contribution in [0, 0.1) is 12.8 Å². The smallest absolute Gasteiger partial charge is 0.310 e. The molecule has 1 aliphatic rings. The number of piperidine rings is 1. The molecule has 1 saturated heterocycles. The second-order valence-electron chi connectivity index (χ2n) is 7.71. The molecule has 1 fully saturated rings. The maximum absolute atomic E-state index is 12.5. The molecule has 0 aromatic carbocycles. The van der Waals surface area contributed by atoms with Gasteiger partial charge in [0.2, 0.25) is 5.91 Å². The molecular formula is C19H30N2O4. The van der Waals surface area contributed by atoms with E-state index in [4.69, 9.17) is 9.15 Å². The van der Waals surface area contributed by atoms with E-state index in [9.17, 15) is 9.59 Å². The van der Waals surface area contributed by atoms with Crippen LogP contribution in [0.1, 0.15) is 64.3 Å². The largest absolute Gasteiger partial charge is 0.466 e. The zero-order valence-corrected chi connectivity index (χ0v) is 16.1. The third-order valence-electron chi connectivity index (χ3n) is 4.49. The van der Waals surface area contributed by atoms with E-state index in [1.54, 1.807) is 11.8 Å². The molecule has 1 atom stereocenters. The van der Waals surface area contributed by atoms with Gasteiger partial charge >= 0.3 is 5.97 Å². The summed E-state index contributed by atoms with van der Waals surface area (Å²) in [5.41, 5.74) is 0.702. The van der Waals surface area contributed by atoms with Crippen molar-refractivity contribution in [2.45, 2.75) is 65.7 Å². The molecule has 2 heterocycles. The van der Waals surface area contributed by atoms with Gasteiger partial charge in [0.05, 0.1) is 18.2 Å². The average molecular weight is 350 g/mol. The monoisotopic (exact) mass is 350 g/mol. The lowest BCUT2D eigenvalue weighted by Crippen LogP contribution is -2.42. The molecule has 1 aromatic heterocycles. The zero-order valence-electron chi connectivity index (χ0n) is 16.1. The molecule has 1 aromatic rings. The number of oxazole rings is 1. The van der Waals surface area contributed by atoms with Crippen LogP contribution in [0.4, 0.5) is 0 Å². The van der Waals surface area contributed by atoms with Gasteiger partial charge in [-0.15, -0.1) is 0 Å². The van der Waals surface area contributed by atoms with Crippen molar-refractivity contribution in [2.24, 2.45) is 5.92 Å². The van der Waals surface area contributed by atoms with Crippen molar-refractivity contribution in [1.82, 2.24) is 9.88 Å². The second-order valence-corrected chi connectivity index (χ2v) is 7.71. The Balaban J connectivity index is 1.92. The number of nitrogens with zero attached hydrogens (tertiary/aromatic N) is 2. The van der Waals surface area contributed by atoms with Gasteiger partial charge in [0, 0.05) is 31.3 Å². The van der Waals surface area contributed by atoms with Gasteiger partial charge in [-0.25, -0.2) is 4.98 Å². The summed E-state index contributed by atoms with van der Waals surface area (Å²) in [6.07, 6.45) is 2.53. The van der Waals surface area contributed by atoms with E-state index < -0.39 is 0 Å². The molecule has 0 N–H and O–H groups in total. The second kappa shape index (κ2) is 8.02. The van der Waals surface area contributed by atoms with Crippen molar-refractivity contribution in [3.63, 3.8) is 0 Å². The Labute approximate surface area is 149 Å². The molecule has 1 aliphatic heterocycles. The Hall–Kier alpha value is -1.85. The highest BCUT2D eigenvalue weighted by atomic mass is 16.5. The van der Waals surface area contributed by atoms with Crippen LogP contribution in [0.15, 0.2) is 4.42 Å². The highest BCUT2D eigenvalue weighted by molar-refractivity contribution is 5.78. The van der Waals surface area contributed by atoms with E-state index in [-0.39, 0.29) is 23.2 Å². The summed E-state index contributed by atoms with van der Waals surface area (Å²) in [5.74, 6) is 1.14. The third kappa shape index (κ3) is 5.06. The molecule has 6 heteroatoms. The molecule has 6 nitrogen and oxygen atoms in total. The predicted octanol–water partition coefficient (Wildman–Crippen LogP) is 3.01. The molecule has 0 spiro atoms. The summed E-state index contributed by atoms with van der Waals surface area (Å²) in [4.78, 5) is 30.7. The number of hydrogen-bond acceptors (Lipinski definition) is 5. The SMILES string of the molecule is CCOC(=O)C1CCCN(C(=O)CCc2oc(C(C)(C)C)nc2C)C1. The quantitative estimate of drug-likeness (QED) is 0.763. The van der Waals surface area contributed by atoms with Crippen molar-refractivity contribution < 1.29 is 18.7 Å². The Morgan fingerprint density at radius 2 is 2.08 bits per heavy atom. The molecule has 1 unspecified atom stereocenters. The van der Waals surface area contributed by atoms with Gasteiger partial charge in [0.15, 0.2) is 5.89 Å². The topological polar surface area (TPSA) is 72.6 Å². The Kier molecular flexibility index (Phi) is 6.25. The van der Waals surface area contributed by atoms with Gasteiger partial charge in [-0.2, -0.15) is 0 Å². The molecule has 2 rings (SSSR count). The van der Waals surface area contributed by atoms with Gasteiger partial charge in [0.25, 0.3) is 0 Å².